The Hall–Kier alpha value is -3.43. The minimum Gasteiger partial charge on any atom is -0.370 e. The molecule has 2 aliphatic rings. The van der Waals surface area contributed by atoms with Crippen molar-refractivity contribution in [3.05, 3.63) is 72.4 Å². The summed E-state index contributed by atoms with van der Waals surface area (Å²) < 4.78 is 0. The predicted molar refractivity (Wildman–Crippen MR) is 137 cm³/mol. The van der Waals surface area contributed by atoms with Crippen molar-refractivity contribution in [3.63, 3.8) is 0 Å². The van der Waals surface area contributed by atoms with E-state index in [0.29, 0.717) is 29.6 Å². The first-order valence-electron chi connectivity index (χ1n) is 12.4. The summed E-state index contributed by atoms with van der Waals surface area (Å²) >= 11 is 0. The predicted octanol–water partition coefficient (Wildman–Crippen LogP) is 5.00. The lowest BCUT2D eigenvalue weighted by atomic mass is 9.89. The molecule has 1 aromatic heterocycles. The average Bonchev–Trinajstić information content (AvgIpc) is 2.91. The van der Waals surface area contributed by atoms with E-state index in [1.54, 1.807) is 0 Å². The smallest absolute Gasteiger partial charge is 0.223 e. The van der Waals surface area contributed by atoms with Crippen LogP contribution in [0.3, 0.4) is 0 Å². The topological polar surface area (TPSA) is 76.9 Å². The van der Waals surface area contributed by atoms with E-state index in [-0.39, 0.29) is 0 Å². The molecule has 3 atom stereocenters. The Balaban J connectivity index is 1.24. The normalized spacial score (nSPS) is 22.7. The highest BCUT2D eigenvalue weighted by molar-refractivity contribution is 5.59. The monoisotopic (exact) mass is 452 g/mol. The Morgan fingerprint density at radius 2 is 1.68 bits per heavy atom. The molecule has 174 valence electrons. The van der Waals surface area contributed by atoms with Crippen LogP contribution in [0.4, 0.5) is 11.6 Å². The third kappa shape index (κ3) is 5.37. The standard InChI is InChI=1S/C28H32N6/c29-19-21-12-14-24(15-13-21)34-18-6-9-23(20-34)31-26-10-4-5-11-27(26)33-28-30-17-16-25(32-28)22-7-2-1-3-8-22/h1-3,7-8,12-17,23,26-27,31H,4-6,9-11,18,20H2,(H,30,32,33). The molecular formula is C28H32N6. The van der Waals surface area contributed by atoms with Gasteiger partial charge in [0, 0.05) is 48.7 Å². The van der Waals surface area contributed by atoms with Gasteiger partial charge in [-0.3, -0.25) is 0 Å². The van der Waals surface area contributed by atoms with Crippen LogP contribution in [0.5, 0.6) is 0 Å². The summed E-state index contributed by atoms with van der Waals surface area (Å²) in [5, 5.41) is 16.7. The van der Waals surface area contributed by atoms with Crippen molar-refractivity contribution in [2.75, 3.05) is 23.3 Å². The van der Waals surface area contributed by atoms with Crippen LogP contribution in [-0.4, -0.2) is 41.2 Å². The van der Waals surface area contributed by atoms with Crippen molar-refractivity contribution in [1.82, 2.24) is 15.3 Å². The molecule has 0 bridgehead atoms. The number of aromatic nitrogens is 2. The zero-order valence-corrected chi connectivity index (χ0v) is 19.5. The molecule has 0 radical (unpaired) electrons. The van der Waals surface area contributed by atoms with Crippen molar-refractivity contribution < 1.29 is 0 Å². The van der Waals surface area contributed by atoms with Gasteiger partial charge in [-0.1, -0.05) is 43.2 Å². The number of piperidine rings is 1. The summed E-state index contributed by atoms with van der Waals surface area (Å²) in [4.78, 5) is 11.8. The van der Waals surface area contributed by atoms with Gasteiger partial charge in [-0.2, -0.15) is 5.26 Å². The molecule has 2 heterocycles. The minimum absolute atomic E-state index is 0.324. The fourth-order valence-electron chi connectivity index (χ4n) is 5.26. The Labute approximate surface area is 202 Å². The second kappa shape index (κ2) is 10.7. The van der Waals surface area contributed by atoms with Crippen molar-refractivity contribution in [1.29, 1.82) is 5.26 Å². The highest BCUT2D eigenvalue weighted by Gasteiger charge is 2.29. The molecule has 1 aliphatic heterocycles. The minimum atomic E-state index is 0.324. The van der Waals surface area contributed by atoms with Crippen molar-refractivity contribution in [2.45, 2.75) is 56.7 Å². The van der Waals surface area contributed by atoms with Crippen LogP contribution < -0.4 is 15.5 Å². The van der Waals surface area contributed by atoms with Crippen LogP contribution in [0, 0.1) is 11.3 Å². The molecule has 3 unspecified atom stereocenters. The molecule has 6 nitrogen and oxygen atoms in total. The zero-order valence-electron chi connectivity index (χ0n) is 19.5. The van der Waals surface area contributed by atoms with Gasteiger partial charge in [0.25, 0.3) is 0 Å². The third-order valence-electron chi connectivity index (χ3n) is 7.04. The second-order valence-corrected chi connectivity index (χ2v) is 9.38. The largest absolute Gasteiger partial charge is 0.370 e. The molecule has 6 heteroatoms. The zero-order chi connectivity index (χ0) is 23.2. The van der Waals surface area contributed by atoms with E-state index >= 15 is 0 Å². The van der Waals surface area contributed by atoms with Gasteiger partial charge >= 0.3 is 0 Å². The molecule has 5 rings (SSSR count). The number of hydrogen-bond donors (Lipinski definition) is 2. The van der Waals surface area contributed by atoms with Gasteiger partial charge in [-0.05, 0) is 56.0 Å². The maximum absolute atomic E-state index is 9.08. The van der Waals surface area contributed by atoms with E-state index in [1.165, 1.54) is 37.8 Å². The number of nitriles is 1. The molecule has 2 fully saturated rings. The molecule has 1 saturated heterocycles. The van der Waals surface area contributed by atoms with Gasteiger partial charge in [0.2, 0.25) is 5.95 Å². The van der Waals surface area contributed by atoms with Crippen LogP contribution in [0.25, 0.3) is 11.3 Å². The molecule has 3 aromatic rings. The molecule has 2 N–H and O–H groups in total. The van der Waals surface area contributed by atoms with Crippen molar-refractivity contribution >= 4 is 11.6 Å². The van der Waals surface area contributed by atoms with Gasteiger partial charge in [0.15, 0.2) is 0 Å². The summed E-state index contributed by atoms with van der Waals surface area (Å²) in [7, 11) is 0. The molecule has 0 spiro atoms. The molecule has 34 heavy (non-hydrogen) atoms. The van der Waals surface area contributed by atoms with E-state index in [2.05, 4.69) is 50.9 Å². The third-order valence-corrected chi connectivity index (χ3v) is 7.04. The van der Waals surface area contributed by atoms with Gasteiger partial charge in [-0.25, -0.2) is 9.97 Å². The highest BCUT2D eigenvalue weighted by atomic mass is 15.2. The fourth-order valence-corrected chi connectivity index (χ4v) is 5.26. The quantitative estimate of drug-likeness (QED) is 0.548. The van der Waals surface area contributed by atoms with Crippen molar-refractivity contribution in [2.24, 2.45) is 0 Å². The van der Waals surface area contributed by atoms with E-state index in [1.807, 2.05) is 42.6 Å². The number of nitrogens with zero attached hydrogens (tertiary/aromatic N) is 4. The summed E-state index contributed by atoms with van der Waals surface area (Å²) in [6, 6.07) is 23.6. The SMILES string of the molecule is N#Cc1ccc(N2CCCC(NC3CCCCC3Nc3nccc(-c4ccccc4)n3)C2)cc1. The fraction of sp³-hybridized carbons (Fsp3) is 0.393. The van der Waals surface area contributed by atoms with Gasteiger partial charge < -0.3 is 15.5 Å². The number of nitrogens with one attached hydrogen (secondary N) is 2. The highest BCUT2D eigenvalue weighted by Crippen LogP contribution is 2.26. The summed E-state index contributed by atoms with van der Waals surface area (Å²) in [5.41, 5.74) is 3.97. The van der Waals surface area contributed by atoms with Crippen LogP contribution in [-0.2, 0) is 0 Å². The van der Waals surface area contributed by atoms with E-state index in [9.17, 15) is 0 Å². The first kappa shape index (κ1) is 22.4. The maximum Gasteiger partial charge on any atom is 0.223 e. The summed E-state index contributed by atoms with van der Waals surface area (Å²) in [6.07, 6.45) is 9.00. The number of hydrogen-bond acceptors (Lipinski definition) is 6. The maximum atomic E-state index is 9.08. The summed E-state index contributed by atoms with van der Waals surface area (Å²) in [6.45, 7) is 2.06. The van der Waals surface area contributed by atoms with Crippen LogP contribution in [0.2, 0.25) is 0 Å². The Morgan fingerprint density at radius 1 is 0.882 bits per heavy atom. The lowest BCUT2D eigenvalue weighted by Gasteiger charge is -2.40. The molecule has 1 saturated carbocycles. The molecule has 1 aliphatic carbocycles. The summed E-state index contributed by atoms with van der Waals surface area (Å²) in [5.74, 6) is 0.711. The number of benzene rings is 2. The Kier molecular flexibility index (Phi) is 7.02. The van der Waals surface area contributed by atoms with Crippen LogP contribution in [0.15, 0.2) is 66.9 Å². The van der Waals surface area contributed by atoms with E-state index in [4.69, 9.17) is 10.2 Å². The first-order chi connectivity index (χ1) is 16.8. The second-order valence-electron chi connectivity index (χ2n) is 9.38. The molecule has 2 aromatic carbocycles. The van der Waals surface area contributed by atoms with E-state index < -0.39 is 0 Å². The van der Waals surface area contributed by atoms with Crippen molar-refractivity contribution in [3.8, 4) is 17.3 Å². The van der Waals surface area contributed by atoms with Crippen LogP contribution >= 0.6 is 0 Å². The van der Waals surface area contributed by atoms with Gasteiger partial charge in [0.1, 0.15) is 0 Å². The molecule has 0 amide bonds. The number of anilines is 2. The van der Waals surface area contributed by atoms with Crippen LogP contribution in [0.1, 0.15) is 44.1 Å². The lowest BCUT2D eigenvalue weighted by Crippen LogP contribution is -2.55. The lowest BCUT2D eigenvalue weighted by molar-refractivity contribution is 0.293. The van der Waals surface area contributed by atoms with E-state index in [0.717, 1.165) is 30.8 Å². The van der Waals surface area contributed by atoms with Gasteiger partial charge in [0.05, 0.1) is 17.3 Å². The Bertz CT molecular complexity index is 1110. The first-order valence-corrected chi connectivity index (χ1v) is 12.4. The molecular weight excluding hydrogens is 420 g/mol. The average molecular weight is 453 g/mol. The van der Waals surface area contributed by atoms with Gasteiger partial charge in [-0.15, -0.1) is 0 Å². The number of rotatable bonds is 6. The Morgan fingerprint density at radius 3 is 2.47 bits per heavy atom.